The van der Waals surface area contributed by atoms with Crippen LogP contribution in [0.3, 0.4) is 0 Å². The van der Waals surface area contributed by atoms with Gasteiger partial charge in [0.05, 0.1) is 5.75 Å². The molecule has 0 saturated carbocycles. The molecule has 0 aliphatic heterocycles. The van der Waals surface area contributed by atoms with E-state index in [1.165, 1.54) is 6.26 Å². The highest BCUT2D eigenvalue weighted by Gasteiger charge is 2.11. The van der Waals surface area contributed by atoms with Crippen LogP contribution in [0.15, 0.2) is 24.4 Å². The summed E-state index contributed by atoms with van der Waals surface area (Å²) >= 11 is 0. The van der Waals surface area contributed by atoms with E-state index in [-0.39, 0.29) is 11.8 Å². The van der Waals surface area contributed by atoms with Crippen molar-refractivity contribution in [3.63, 3.8) is 0 Å². The molecular weight excluding hydrogens is 200 g/mol. The van der Waals surface area contributed by atoms with Crippen LogP contribution in [-0.4, -0.2) is 31.5 Å². The number of rotatable bonds is 4. The lowest BCUT2D eigenvalue weighted by atomic mass is 10.2. The first-order valence-corrected chi connectivity index (χ1v) is 6.36. The minimum Gasteiger partial charge on any atom is -0.326 e. The molecule has 0 aliphatic rings. The standard InChI is InChI=1S/C9H14N2O2S/c1-14(12,13)7-8(10)6-9-4-2-3-5-11-9/h2-5,8H,6-7,10H2,1H3. The Kier molecular flexibility index (Phi) is 3.60. The van der Waals surface area contributed by atoms with Gasteiger partial charge in [-0.1, -0.05) is 6.07 Å². The van der Waals surface area contributed by atoms with Gasteiger partial charge in [-0.3, -0.25) is 4.98 Å². The maximum atomic E-state index is 10.9. The fourth-order valence-electron chi connectivity index (χ4n) is 1.24. The van der Waals surface area contributed by atoms with Crippen LogP contribution in [0.4, 0.5) is 0 Å². The number of pyridine rings is 1. The topological polar surface area (TPSA) is 73.0 Å². The third-order valence-corrected chi connectivity index (χ3v) is 2.75. The van der Waals surface area contributed by atoms with Crippen molar-refractivity contribution in [3.8, 4) is 0 Å². The Labute approximate surface area is 84.1 Å². The molecule has 0 radical (unpaired) electrons. The van der Waals surface area contributed by atoms with Crippen molar-refractivity contribution >= 4 is 9.84 Å². The molecule has 0 saturated heterocycles. The number of nitrogens with zero attached hydrogens (tertiary/aromatic N) is 1. The molecule has 1 rings (SSSR count). The molecule has 78 valence electrons. The number of sulfone groups is 1. The highest BCUT2D eigenvalue weighted by molar-refractivity contribution is 7.90. The van der Waals surface area contributed by atoms with Crippen LogP contribution < -0.4 is 5.73 Å². The minimum absolute atomic E-state index is 0.00355. The molecule has 2 N–H and O–H groups in total. The minimum atomic E-state index is -3.00. The molecule has 0 amide bonds. The van der Waals surface area contributed by atoms with Gasteiger partial charge in [0, 0.05) is 30.6 Å². The number of hydrogen-bond donors (Lipinski definition) is 1. The summed E-state index contributed by atoms with van der Waals surface area (Å²) in [5.41, 5.74) is 6.50. The Hall–Kier alpha value is -0.940. The Morgan fingerprint density at radius 3 is 2.71 bits per heavy atom. The van der Waals surface area contributed by atoms with Crippen LogP contribution in [0.5, 0.6) is 0 Å². The molecule has 14 heavy (non-hydrogen) atoms. The average molecular weight is 214 g/mol. The third kappa shape index (κ3) is 4.34. The molecule has 1 atom stereocenters. The quantitative estimate of drug-likeness (QED) is 0.765. The third-order valence-electron chi connectivity index (χ3n) is 1.71. The lowest BCUT2D eigenvalue weighted by molar-refractivity contribution is 0.590. The van der Waals surface area contributed by atoms with E-state index < -0.39 is 9.84 Å². The van der Waals surface area contributed by atoms with Crippen LogP contribution in [0.25, 0.3) is 0 Å². The van der Waals surface area contributed by atoms with Crippen LogP contribution in [0.2, 0.25) is 0 Å². The summed E-state index contributed by atoms with van der Waals surface area (Å²) in [4.78, 5) is 4.07. The van der Waals surface area contributed by atoms with Crippen LogP contribution in [-0.2, 0) is 16.3 Å². The lowest BCUT2D eigenvalue weighted by Crippen LogP contribution is -2.31. The van der Waals surface area contributed by atoms with E-state index in [0.29, 0.717) is 6.42 Å². The summed E-state index contributed by atoms with van der Waals surface area (Å²) in [6, 6.07) is 5.13. The van der Waals surface area contributed by atoms with Crippen molar-refractivity contribution in [2.75, 3.05) is 12.0 Å². The summed E-state index contributed by atoms with van der Waals surface area (Å²) in [6.07, 6.45) is 3.35. The maximum Gasteiger partial charge on any atom is 0.148 e. The summed E-state index contributed by atoms with van der Waals surface area (Å²) in [5.74, 6) is 0.00355. The van der Waals surface area contributed by atoms with E-state index in [1.54, 1.807) is 6.20 Å². The van der Waals surface area contributed by atoms with Crippen molar-refractivity contribution in [3.05, 3.63) is 30.1 Å². The predicted octanol–water partition coefficient (Wildman–Crippen LogP) is -0.00400. The molecule has 0 aromatic carbocycles. The Bertz CT molecular complexity index is 375. The lowest BCUT2D eigenvalue weighted by Gasteiger charge is -2.08. The summed E-state index contributed by atoms with van der Waals surface area (Å²) in [6.45, 7) is 0. The normalized spacial score (nSPS) is 13.9. The summed E-state index contributed by atoms with van der Waals surface area (Å²) in [7, 11) is -3.00. The summed E-state index contributed by atoms with van der Waals surface area (Å²) in [5, 5.41) is 0. The number of hydrogen-bond acceptors (Lipinski definition) is 4. The van der Waals surface area contributed by atoms with E-state index in [4.69, 9.17) is 5.73 Å². The molecule has 1 heterocycles. The highest BCUT2D eigenvalue weighted by Crippen LogP contribution is 1.99. The molecule has 5 heteroatoms. The second kappa shape index (κ2) is 4.52. The second-order valence-corrected chi connectivity index (χ2v) is 5.56. The molecule has 1 aromatic rings. The fraction of sp³-hybridized carbons (Fsp3) is 0.444. The molecule has 0 spiro atoms. The molecular formula is C9H14N2O2S. The van der Waals surface area contributed by atoms with Gasteiger partial charge < -0.3 is 5.73 Å². The van der Waals surface area contributed by atoms with E-state index >= 15 is 0 Å². The zero-order valence-corrected chi connectivity index (χ0v) is 8.87. The zero-order chi connectivity index (χ0) is 10.6. The van der Waals surface area contributed by atoms with Crippen molar-refractivity contribution < 1.29 is 8.42 Å². The van der Waals surface area contributed by atoms with Gasteiger partial charge in [-0.25, -0.2) is 8.42 Å². The number of aromatic nitrogens is 1. The van der Waals surface area contributed by atoms with E-state index in [2.05, 4.69) is 4.98 Å². The van der Waals surface area contributed by atoms with Crippen molar-refractivity contribution in [2.24, 2.45) is 5.73 Å². The Morgan fingerprint density at radius 2 is 2.21 bits per heavy atom. The van der Waals surface area contributed by atoms with Gasteiger partial charge in [-0.05, 0) is 12.1 Å². The number of nitrogens with two attached hydrogens (primary N) is 1. The van der Waals surface area contributed by atoms with Gasteiger partial charge in [0.25, 0.3) is 0 Å². The first-order valence-electron chi connectivity index (χ1n) is 4.30. The molecule has 1 aromatic heterocycles. The average Bonchev–Trinajstić information content (AvgIpc) is 2.02. The van der Waals surface area contributed by atoms with Gasteiger partial charge in [0.2, 0.25) is 0 Å². The molecule has 0 fully saturated rings. The van der Waals surface area contributed by atoms with Gasteiger partial charge in [0.1, 0.15) is 9.84 Å². The second-order valence-electron chi connectivity index (χ2n) is 3.38. The largest absolute Gasteiger partial charge is 0.326 e. The smallest absolute Gasteiger partial charge is 0.148 e. The first-order chi connectivity index (χ1) is 6.47. The molecule has 0 bridgehead atoms. The van der Waals surface area contributed by atoms with Crippen molar-refractivity contribution in [1.29, 1.82) is 0 Å². The monoisotopic (exact) mass is 214 g/mol. The molecule has 0 aliphatic carbocycles. The zero-order valence-electron chi connectivity index (χ0n) is 8.05. The van der Waals surface area contributed by atoms with E-state index in [0.717, 1.165) is 5.69 Å². The van der Waals surface area contributed by atoms with Gasteiger partial charge in [-0.2, -0.15) is 0 Å². The van der Waals surface area contributed by atoms with Crippen LogP contribution >= 0.6 is 0 Å². The van der Waals surface area contributed by atoms with E-state index in [1.807, 2.05) is 18.2 Å². The van der Waals surface area contributed by atoms with Gasteiger partial charge >= 0.3 is 0 Å². The van der Waals surface area contributed by atoms with Crippen LogP contribution in [0, 0.1) is 0 Å². The maximum absolute atomic E-state index is 10.9. The fourth-order valence-corrected chi connectivity index (χ4v) is 2.13. The highest BCUT2D eigenvalue weighted by atomic mass is 32.2. The van der Waals surface area contributed by atoms with Crippen molar-refractivity contribution in [1.82, 2.24) is 4.98 Å². The predicted molar refractivity (Wildman–Crippen MR) is 55.6 cm³/mol. The molecule has 1 unspecified atom stereocenters. The summed E-state index contributed by atoms with van der Waals surface area (Å²) < 4.78 is 21.9. The van der Waals surface area contributed by atoms with Crippen molar-refractivity contribution in [2.45, 2.75) is 12.5 Å². The Morgan fingerprint density at radius 1 is 1.50 bits per heavy atom. The van der Waals surface area contributed by atoms with Gasteiger partial charge in [0.15, 0.2) is 0 Å². The first kappa shape index (κ1) is 11.1. The Balaban J connectivity index is 2.54. The SMILES string of the molecule is CS(=O)(=O)CC(N)Cc1ccccn1. The van der Waals surface area contributed by atoms with Gasteiger partial charge in [-0.15, -0.1) is 0 Å². The molecule has 4 nitrogen and oxygen atoms in total. The van der Waals surface area contributed by atoms with E-state index in [9.17, 15) is 8.42 Å². The van der Waals surface area contributed by atoms with Crippen LogP contribution in [0.1, 0.15) is 5.69 Å².